The molecule has 0 aliphatic carbocycles. The molecule has 0 saturated carbocycles. The first-order valence-electron chi connectivity index (χ1n) is 12.4. The van der Waals surface area contributed by atoms with Gasteiger partial charge in [0, 0.05) is 0 Å². The molecule has 0 aliphatic heterocycles. The van der Waals surface area contributed by atoms with Gasteiger partial charge in [-0.05, 0) is 24.1 Å². The summed E-state index contributed by atoms with van der Waals surface area (Å²) in [5.74, 6) is 0.204. The maximum Gasteiger partial charge on any atom is 0.527 e. The zero-order valence-electron chi connectivity index (χ0n) is 19.5. The SMILES string of the molecule is CCCCCCCCCCCCCCCCCCOP(=O)(O)Oc1ccc(CF)cc1. The number of alkyl halides is 1. The second-order valence-corrected chi connectivity index (χ2v) is 9.85. The number of halogens is 1. The Balaban J connectivity index is 1.87. The van der Waals surface area contributed by atoms with Crippen LogP contribution >= 0.6 is 7.82 Å². The fourth-order valence-corrected chi connectivity index (χ4v) is 4.43. The molecule has 0 heterocycles. The summed E-state index contributed by atoms with van der Waals surface area (Å²) in [5.41, 5.74) is 0.495. The van der Waals surface area contributed by atoms with Crippen molar-refractivity contribution in [2.24, 2.45) is 0 Å². The van der Waals surface area contributed by atoms with Crippen LogP contribution in [0.4, 0.5) is 4.39 Å². The summed E-state index contributed by atoms with van der Waals surface area (Å²) in [6.45, 7) is 1.89. The summed E-state index contributed by atoms with van der Waals surface area (Å²) in [4.78, 5) is 9.76. The van der Waals surface area contributed by atoms with E-state index in [4.69, 9.17) is 9.05 Å². The van der Waals surface area contributed by atoms with Crippen molar-refractivity contribution in [1.82, 2.24) is 0 Å². The second-order valence-electron chi connectivity index (χ2n) is 8.47. The fraction of sp³-hybridized carbons (Fsp3) is 0.760. The average Bonchev–Trinajstić information content (AvgIpc) is 2.76. The number of unbranched alkanes of at least 4 members (excludes halogenated alkanes) is 15. The van der Waals surface area contributed by atoms with E-state index in [2.05, 4.69) is 6.92 Å². The van der Waals surface area contributed by atoms with E-state index in [-0.39, 0.29) is 12.4 Å². The van der Waals surface area contributed by atoms with Gasteiger partial charge in [-0.2, -0.15) is 0 Å². The Kier molecular flexibility index (Phi) is 16.9. The van der Waals surface area contributed by atoms with Gasteiger partial charge < -0.3 is 4.52 Å². The highest BCUT2D eigenvalue weighted by Gasteiger charge is 2.22. The molecule has 0 aromatic heterocycles. The first-order valence-corrected chi connectivity index (χ1v) is 13.9. The highest BCUT2D eigenvalue weighted by Crippen LogP contribution is 2.43. The lowest BCUT2D eigenvalue weighted by molar-refractivity contribution is 0.199. The summed E-state index contributed by atoms with van der Waals surface area (Å²) in [7, 11) is -4.12. The highest BCUT2D eigenvalue weighted by molar-refractivity contribution is 7.47. The minimum atomic E-state index is -4.12. The molecule has 0 bridgehead atoms. The summed E-state index contributed by atoms with van der Waals surface area (Å²) in [6, 6.07) is 5.97. The summed E-state index contributed by atoms with van der Waals surface area (Å²) >= 11 is 0. The lowest BCUT2D eigenvalue weighted by Crippen LogP contribution is -1.99. The third-order valence-electron chi connectivity index (χ3n) is 5.55. The summed E-state index contributed by atoms with van der Waals surface area (Å²) in [5, 5.41) is 0. The Bertz CT molecular complexity index is 579. The molecule has 0 amide bonds. The maximum atomic E-state index is 12.5. The van der Waals surface area contributed by atoms with E-state index in [9.17, 15) is 13.8 Å². The van der Waals surface area contributed by atoms with Crippen LogP contribution in [0, 0.1) is 0 Å². The molecular weight excluding hydrogens is 414 g/mol. The van der Waals surface area contributed by atoms with E-state index in [1.54, 1.807) is 0 Å². The fourth-order valence-electron chi connectivity index (χ4n) is 3.63. The van der Waals surface area contributed by atoms with Crippen molar-refractivity contribution >= 4 is 7.82 Å². The van der Waals surface area contributed by atoms with E-state index in [1.807, 2.05) is 0 Å². The van der Waals surface area contributed by atoms with Crippen molar-refractivity contribution in [1.29, 1.82) is 0 Å². The molecule has 0 spiro atoms. The molecule has 0 fully saturated rings. The number of phosphoric acid groups is 1. The van der Waals surface area contributed by atoms with Crippen LogP contribution in [-0.2, 0) is 15.8 Å². The summed E-state index contributed by atoms with van der Waals surface area (Å²) in [6.07, 6.45) is 20.5. The smallest absolute Gasteiger partial charge is 0.404 e. The molecule has 1 N–H and O–H groups in total. The molecule has 0 saturated heterocycles. The van der Waals surface area contributed by atoms with Gasteiger partial charge in [0.2, 0.25) is 0 Å². The van der Waals surface area contributed by atoms with Crippen molar-refractivity contribution in [3.63, 3.8) is 0 Å². The molecule has 31 heavy (non-hydrogen) atoms. The Hall–Kier alpha value is -0.900. The Labute approximate surface area is 189 Å². The minimum absolute atomic E-state index is 0.203. The van der Waals surface area contributed by atoms with E-state index < -0.39 is 14.5 Å². The van der Waals surface area contributed by atoms with Crippen LogP contribution in [-0.4, -0.2) is 11.5 Å². The molecule has 1 unspecified atom stereocenters. The quantitative estimate of drug-likeness (QED) is 0.148. The molecule has 180 valence electrons. The second kappa shape index (κ2) is 18.7. The van der Waals surface area contributed by atoms with Gasteiger partial charge in [0.25, 0.3) is 0 Å². The predicted molar refractivity (Wildman–Crippen MR) is 127 cm³/mol. The van der Waals surface area contributed by atoms with Gasteiger partial charge in [-0.1, -0.05) is 115 Å². The van der Waals surface area contributed by atoms with Crippen LogP contribution in [0.3, 0.4) is 0 Å². The largest absolute Gasteiger partial charge is 0.527 e. The van der Waals surface area contributed by atoms with Crippen LogP contribution in [0.1, 0.15) is 115 Å². The van der Waals surface area contributed by atoms with Crippen LogP contribution in [0.2, 0.25) is 0 Å². The normalized spacial score (nSPS) is 13.3. The first-order chi connectivity index (χ1) is 15.1. The first kappa shape index (κ1) is 28.1. The van der Waals surface area contributed by atoms with Crippen molar-refractivity contribution in [3.8, 4) is 5.75 Å². The van der Waals surface area contributed by atoms with Gasteiger partial charge in [-0.25, -0.2) is 8.96 Å². The van der Waals surface area contributed by atoms with Gasteiger partial charge >= 0.3 is 7.82 Å². The van der Waals surface area contributed by atoms with Gasteiger partial charge in [0.15, 0.2) is 0 Å². The third-order valence-corrected chi connectivity index (χ3v) is 6.50. The Morgan fingerprint density at radius 1 is 0.742 bits per heavy atom. The zero-order chi connectivity index (χ0) is 22.6. The van der Waals surface area contributed by atoms with Crippen molar-refractivity contribution < 1.29 is 22.9 Å². The van der Waals surface area contributed by atoms with E-state index in [0.717, 1.165) is 19.3 Å². The predicted octanol–water partition coefficient (Wildman–Crippen LogP) is 8.91. The number of hydrogen-bond donors (Lipinski definition) is 1. The van der Waals surface area contributed by atoms with Gasteiger partial charge in [-0.15, -0.1) is 0 Å². The number of rotatable bonds is 21. The monoisotopic (exact) mass is 458 g/mol. The molecule has 6 heteroatoms. The Morgan fingerprint density at radius 2 is 1.16 bits per heavy atom. The van der Waals surface area contributed by atoms with Crippen LogP contribution in [0.15, 0.2) is 24.3 Å². The molecule has 1 atom stereocenters. The van der Waals surface area contributed by atoms with E-state index in [1.165, 1.54) is 108 Å². The van der Waals surface area contributed by atoms with Gasteiger partial charge in [0.05, 0.1) is 6.61 Å². The molecule has 4 nitrogen and oxygen atoms in total. The molecule has 0 aliphatic rings. The van der Waals surface area contributed by atoms with Crippen LogP contribution < -0.4 is 4.52 Å². The van der Waals surface area contributed by atoms with E-state index in [0.29, 0.717) is 5.56 Å². The third kappa shape index (κ3) is 16.4. The number of phosphoric ester groups is 1. The van der Waals surface area contributed by atoms with E-state index >= 15 is 0 Å². The topological polar surface area (TPSA) is 55.8 Å². The summed E-state index contributed by atoms with van der Waals surface area (Å²) < 4.78 is 34.4. The Morgan fingerprint density at radius 3 is 1.58 bits per heavy atom. The van der Waals surface area contributed by atoms with Crippen molar-refractivity contribution in [3.05, 3.63) is 29.8 Å². The molecule has 0 radical (unpaired) electrons. The molecular formula is C25H44FO4P. The highest BCUT2D eigenvalue weighted by atomic mass is 31.2. The van der Waals surface area contributed by atoms with Crippen LogP contribution in [0.25, 0.3) is 0 Å². The standard InChI is InChI=1S/C25H44FO4P/c1-2-3-4-5-6-7-8-9-10-11-12-13-14-15-16-17-22-29-31(27,28)30-25-20-18-24(23-26)19-21-25/h18-21H,2-17,22-23H2,1H3,(H,27,28). The van der Waals surface area contributed by atoms with Crippen molar-refractivity contribution in [2.75, 3.05) is 6.61 Å². The lowest BCUT2D eigenvalue weighted by atomic mass is 10.0. The number of benzene rings is 1. The van der Waals surface area contributed by atoms with Gasteiger partial charge in [0.1, 0.15) is 12.4 Å². The molecule has 1 aromatic carbocycles. The molecule has 1 rings (SSSR count). The molecule has 1 aromatic rings. The van der Waals surface area contributed by atoms with Gasteiger partial charge in [-0.3, -0.25) is 9.42 Å². The zero-order valence-corrected chi connectivity index (χ0v) is 20.4. The minimum Gasteiger partial charge on any atom is -0.404 e. The maximum absolute atomic E-state index is 12.5. The number of hydrogen-bond acceptors (Lipinski definition) is 3. The lowest BCUT2D eigenvalue weighted by Gasteiger charge is -2.13. The van der Waals surface area contributed by atoms with Crippen LogP contribution in [0.5, 0.6) is 5.75 Å². The van der Waals surface area contributed by atoms with Crippen molar-refractivity contribution in [2.45, 2.75) is 116 Å². The average molecular weight is 459 g/mol.